The number of likely N-dealkylation sites (tertiary alicyclic amines) is 1. The van der Waals surface area contributed by atoms with Crippen LogP contribution >= 0.6 is 0 Å². The van der Waals surface area contributed by atoms with E-state index in [1.54, 1.807) is 24.0 Å². The number of urea groups is 1. The van der Waals surface area contributed by atoms with Gasteiger partial charge in [0.2, 0.25) is 0 Å². The van der Waals surface area contributed by atoms with Gasteiger partial charge in [0.15, 0.2) is 0 Å². The van der Waals surface area contributed by atoms with Crippen molar-refractivity contribution < 1.29 is 14.8 Å². The van der Waals surface area contributed by atoms with Crippen molar-refractivity contribution in [1.29, 1.82) is 0 Å². The molecule has 2 rings (SSSR count). The number of nitro benzene ring substituents is 1. The quantitative estimate of drug-likeness (QED) is 0.659. The number of aliphatic hydroxyl groups is 1. The van der Waals surface area contributed by atoms with Gasteiger partial charge in [-0.1, -0.05) is 6.07 Å². The number of nitrogens with zero attached hydrogens (tertiary/aromatic N) is 2. The zero-order valence-corrected chi connectivity index (χ0v) is 11.9. The Labute approximate surface area is 122 Å². The first-order valence-corrected chi connectivity index (χ1v) is 6.93. The monoisotopic (exact) mass is 293 g/mol. The van der Waals surface area contributed by atoms with Gasteiger partial charge in [-0.3, -0.25) is 10.1 Å². The summed E-state index contributed by atoms with van der Waals surface area (Å²) in [6.07, 6.45) is 1.77. The average Bonchev–Trinajstić information content (AvgIpc) is 2.49. The zero-order chi connectivity index (χ0) is 15.4. The number of nitro groups is 1. The lowest BCUT2D eigenvalue weighted by Crippen LogP contribution is -2.43. The molecule has 1 aliphatic rings. The maximum Gasteiger partial charge on any atom is 0.321 e. The van der Waals surface area contributed by atoms with Crippen molar-refractivity contribution in [1.82, 2.24) is 4.90 Å². The van der Waals surface area contributed by atoms with E-state index in [-0.39, 0.29) is 24.2 Å². The Balaban J connectivity index is 2.09. The lowest BCUT2D eigenvalue weighted by Gasteiger charge is -2.31. The normalized spacial score (nSPS) is 18.4. The van der Waals surface area contributed by atoms with E-state index >= 15 is 0 Å². The summed E-state index contributed by atoms with van der Waals surface area (Å²) in [6.45, 7) is 2.83. The van der Waals surface area contributed by atoms with Crippen LogP contribution in [0, 0.1) is 23.0 Å². The molecule has 1 atom stereocenters. The van der Waals surface area contributed by atoms with Gasteiger partial charge >= 0.3 is 6.03 Å². The van der Waals surface area contributed by atoms with Crippen LogP contribution in [0.25, 0.3) is 0 Å². The molecule has 0 radical (unpaired) electrons. The second-order valence-corrected chi connectivity index (χ2v) is 5.27. The van der Waals surface area contributed by atoms with E-state index in [0.717, 1.165) is 12.8 Å². The van der Waals surface area contributed by atoms with E-state index in [9.17, 15) is 20.0 Å². The third-order valence-electron chi connectivity index (χ3n) is 3.81. The van der Waals surface area contributed by atoms with Crippen molar-refractivity contribution in [3.8, 4) is 0 Å². The molecule has 7 nitrogen and oxygen atoms in total. The molecule has 21 heavy (non-hydrogen) atoms. The Kier molecular flexibility index (Phi) is 4.74. The van der Waals surface area contributed by atoms with Crippen LogP contribution in [0.15, 0.2) is 18.2 Å². The van der Waals surface area contributed by atoms with Gasteiger partial charge in [-0.2, -0.15) is 0 Å². The molecular weight excluding hydrogens is 274 g/mol. The first kappa shape index (κ1) is 15.2. The van der Waals surface area contributed by atoms with Crippen LogP contribution in [0.3, 0.4) is 0 Å². The first-order chi connectivity index (χ1) is 10.0. The number of rotatable bonds is 3. The summed E-state index contributed by atoms with van der Waals surface area (Å²) < 4.78 is 0. The molecule has 1 saturated heterocycles. The summed E-state index contributed by atoms with van der Waals surface area (Å²) in [5.74, 6) is 0.107. The topological polar surface area (TPSA) is 95.7 Å². The van der Waals surface area contributed by atoms with Crippen LogP contribution in [-0.2, 0) is 0 Å². The summed E-state index contributed by atoms with van der Waals surface area (Å²) in [4.78, 5) is 24.3. The minimum Gasteiger partial charge on any atom is -0.396 e. The SMILES string of the molecule is Cc1c(NC(=O)N2CCCC(CO)C2)cccc1[N+](=O)[O-]. The average molecular weight is 293 g/mol. The number of carbonyl (C=O) groups excluding carboxylic acids is 1. The van der Waals surface area contributed by atoms with E-state index in [0.29, 0.717) is 24.3 Å². The molecule has 2 N–H and O–H groups in total. The molecular formula is C14H19N3O4. The molecule has 1 aromatic rings. The van der Waals surface area contributed by atoms with E-state index in [2.05, 4.69) is 5.32 Å². The number of nitrogens with one attached hydrogen (secondary N) is 1. The third kappa shape index (κ3) is 3.49. The number of aliphatic hydroxyl groups excluding tert-OH is 1. The minimum atomic E-state index is -0.465. The molecule has 2 amide bonds. The molecule has 1 aliphatic heterocycles. The summed E-state index contributed by atoms with van der Waals surface area (Å²) >= 11 is 0. The van der Waals surface area contributed by atoms with Gasteiger partial charge in [0.1, 0.15) is 0 Å². The Morgan fingerprint density at radius 3 is 3.00 bits per heavy atom. The summed E-state index contributed by atoms with van der Waals surface area (Å²) in [6, 6.07) is 4.33. The van der Waals surface area contributed by atoms with Gasteiger partial charge in [-0.15, -0.1) is 0 Å². The van der Waals surface area contributed by atoms with Gasteiger partial charge < -0.3 is 15.3 Å². The first-order valence-electron chi connectivity index (χ1n) is 6.93. The molecule has 0 spiro atoms. The molecule has 0 aromatic heterocycles. The van der Waals surface area contributed by atoms with Crippen molar-refractivity contribution in [2.75, 3.05) is 25.0 Å². The fraction of sp³-hybridized carbons (Fsp3) is 0.500. The number of hydrogen-bond donors (Lipinski definition) is 2. The maximum absolute atomic E-state index is 12.2. The van der Waals surface area contributed by atoms with Crippen LogP contribution < -0.4 is 5.32 Å². The summed E-state index contributed by atoms with van der Waals surface area (Å²) in [7, 11) is 0. The summed E-state index contributed by atoms with van der Waals surface area (Å²) in [5.41, 5.74) is 0.867. The molecule has 1 unspecified atom stereocenters. The molecule has 1 aromatic carbocycles. The van der Waals surface area contributed by atoms with Crippen molar-refractivity contribution in [3.05, 3.63) is 33.9 Å². The molecule has 0 bridgehead atoms. The number of hydrogen-bond acceptors (Lipinski definition) is 4. The third-order valence-corrected chi connectivity index (χ3v) is 3.81. The smallest absolute Gasteiger partial charge is 0.321 e. The Bertz CT molecular complexity index is 547. The standard InChI is InChI=1S/C14H19N3O4/c1-10-12(5-2-6-13(10)17(20)21)15-14(19)16-7-3-4-11(8-16)9-18/h2,5-6,11,18H,3-4,7-9H2,1H3,(H,15,19). The molecule has 114 valence electrons. The fourth-order valence-electron chi connectivity index (χ4n) is 2.55. The highest BCUT2D eigenvalue weighted by Gasteiger charge is 2.24. The van der Waals surface area contributed by atoms with Crippen LogP contribution in [0.2, 0.25) is 0 Å². The van der Waals surface area contributed by atoms with Gasteiger partial charge in [0, 0.05) is 25.8 Å². The number of carbonyl (C=O) groups is 1. The largest absolute Gasteiger partial charge is 0.396 e. The van der Waals surface area contributed by atoms with E-state index in [1.165, 1.54) is 6.07 Å². The predicted octanol–water partition coefficient (Wildman–Crippen LogP) is 2.14. The van der Waals surface area contributed by atoms with Crippen molar-refractivity contribution in [2.45, 2.75) is 19.8 Å². The number of piperidine rings is 1. The van der Waals surface area contributed by atoms with Gasteiger partial charge in [0.05, 0.1) is 16.2 Å². The van der Waals surface area contributed by atoms with Gasteiger partial charge in [0.25, 0.3) is 5.69 Å². The van der Waals surface area contributed by atoms with Crippen LogP contribution in [0.4, 0.5) is 16.2 Å². The van der Waals surface area contributed by atoms with Crippen molar-refractivity contribution in [3.63, 3.8) is 0 Å². The van der Waals surface area contributed by atoms with Crippen LogP contribution in [-0.4, -0.2) is 40.7 Å². The van der Waals surface area contributed by atoms with E-state index < -0.39 is 4.92 Å². The summed E-state index contributed by atoms with van der Waals surface area (Å²) in [5, 5.41) is 22.8. The Morgan fingerprint density at radius 2 is 2.33 bits per heavy atom. The Hall–Kier alpha value is -2.15. The molecule has 0 aliphatic carbocycles. The van der Waals surface area contributed by atoms with Gasteiger partial charge in [-0.25, -0.2) is 4.79 Å². The molecule has 7 heteroatoms. The second-order valence-electron chi connectivity index (χ2n) is 5.27. The predicted molar refractivity (Wildman–Crippen MR) is 78.2 cm³/mol. The second kappa shape index (κ2) is 6.53. The Morgan fingerprint density at radius 1 is 1.57 bits per heavy atom. The van der Waals surface area contributed by atoms with Crippen LogP contribution in [0.5, 0.6) is 0 Å². The highest BCUT2D eigenvalue weighted by Crippen LogP contribution is 2.25. The minimum absolute atomic E-state index is 0.0142. The maximum atomic E-state index is 12.2. The molecule has 0 saturated carbocycles. The van der Waals surface area contributed by atoms with E-state index in [4.69, 9.17) is 0 Å². The highest BCUT2D eigenvalue weighted by atomic mass is 16.6. The number of benzene rings is 1. The lowest BCUT2D eigenvalue weighted by atomic mass is 9.99. The lowest BCUT2D eigenvalue weighted by molar-refractivity contribution is -0.385. The van der Waals surface area contributed by atoms with Crippen molar-refractivity contribution >= 4 is 17.4 Å². The van der Waals surface area contributed by atoms with Crippen molar-refractivity contribution in [2.24, 2.45) is 5.92 Å². The van der Waals surface area contributed by atoms with E-state index in [1.807, 2.05) is 0 Å². The number of amides is 2. The van der Waals surface area contributed by atoms with Crippen LogP contribution in [0.1, 0.15) is 18.4 Å². The molecule has 1 fully saturated rings. The fourth-order valence-corrected chi connectivity index (χ4v) is 2.55. The zero-order valence-electron chi connectivity index (χ0n) is 11.9. The molecule has 1 heterocycles. The highest BCUT2D eigenvalue weighted by molar-refractivity contribution is 5.90. The van der Waals surface area contributed by atoms with Gasteiger partial charge in [-0.05, 0) is 31.7 Å². The number of anilines is 1.